The van der Waals surface area contributed by atoms with Crippen molar-refractivity contribution >= 4 is 34.2 Å². The maximum absolute atomic E-state index is 13.3. The molecule has 0 saturated carbocycles. The first-order valence-electron chi connectivity index (χ1n) is 12.0. The lowest BCUT2D eigenvalue weighted by molar-refractivity contribution is -0.142. The van der Waals surface area contributed by atoms with Crippen LogP contribution in [-0.4, -0.2) is 68.6 Å². The quantitative estimate of drug-likeness (QED) is 0.431. The molecule has 5 rings (SSSR count). The molecule has 1 saturated heterocycles. The molecule has 4 aromatic rings. The van der Waals surface area contributed by atoms with Gasteiger partial charge in [0.05, 0.1) is 6.20 Å². The van der Waals surface area contributed by atoms with Gasteiger partial charge in [0.2, 0.25) is 0 Å². The van der Waals surface area contributed by atoms with Gasteiger partial charge in [-0.15, -0.1) is 0 Å². The lowest BCUT2D eigenvalue weighted by Crippen LogP contribution is -2.57. The normalized spacial score (nSPS) is 16.6. The van der Waals surface area contributed by atoms with E-state index >= 15 is 0 Å². The van der Waals surface area contributed by atoms with Crippen LogP contribution in [0.4, 0.5) is 11.6 Å². The minimum absolute atomic E-state index is 0.0113. The molecular formula is C27H28N6O3. The Morgan fingerprint density at radius 1 is 1.03 bits per heavy atom. The molecule has 3 heterocycles. The van der Waals surface area contributed by atoms with Gasteiger partial charge in [-0.2, -0.15) is 5.10 Å². The Bertz CT molecular complexity index is 1360. The number of hydrogen-bond donors (Lipinski definition) is 2. The molecule has 0 radical (unpaired) electrons. The molecule has 2 aromatic heterocycles. The highest BCUT2D eigenvalue weighted by atomic mass is 16.5. The summed E-state index contributed by atoms with van der Waals surface area (Å²) in [5.74, 6) is 1.88. The number of aromatic nitrogens is 3. The van der Waals surface area contributed by atoms with Gasteiger partial charge in [0.1, 0.15) is 17.4 Å². The average molecular weight is 485 g/mol. The summed E-state index contributed by atoms with van der Waals surface area (Å²) in [5, 5.41) is 11.8. The van der Waals surface area contributed by atoms with Crippen molar-refractivity contribution in [2.75, 3.05) is 25.0 Å². The highest BCUT2D eigenvalue weighted by Gasteiger charge is 2.33. The van der Waals surface area contributed by atoms with Gasteiger partial charge >= 0.3 is 0 Å². The molecule has 2 atom stereocenters. The molecule has 2 aromatic carbocycles. The van der Waals surface area contributed by atoms with Crippen molar-refractivity contribution in [1.82, 2.24) is 25.0 Å². The van der Waals surface area contributed by atoms with Crippen LogP contribution in [0.1, 0.15) is 24.2 Å². The molecular weight excluding hydrogens is 456 g/mol. The van der Waals surface area contributed by atoms with Crippen molar-refractivity contribution < 1.29 is 14.3 Å². The van der Waals surface area contributed by atoms with E-state index in [0.717, 1.165) is 16.6 Å². The number of H-pyrrole nitrogens is 1. The zero-order valence-electron chi connectivity index (χ0n) is 20.2. The second-order valence-corrected chi connectivity index (χ2v) is 8.86. The fraction of sp³-hybridized carbons (Fsp3) is 0.259. The summed E-state index contributed by atoms with van der Waals surface area (Å²) in [7, 11) is 0. The summed E-state index contributed by atoms with van der Waals surface area (Å²) in [4.78, 5) is 34.2. The van der Waals surface area contributed by atoms with Gasteiger partial charge in [0, 0.05) is 54.3 Å². The SMILES string of the molecule is C[C@H](Oc1cccc2c(Nc3ccn[nH]3)nccc12)C(=O)N1CCN(C(=O)c2ccccc2)C[C@H]1C. The van der Waals surface area contributed by atoms with E-state index in [1.807, 2.05) is 67.6 Å². The molecule has 2 N–H and O–H groups in total. The number of amides is 2. The van der Waals surface area contributed by atoms with E-state index < -0.39 is 6.10 Å². The van der Waals surface area contributed by atoms with Crippen molar-refractivity contribution in [3.8, 4) is 5.75 Å². The summed E-state index contributed by atoms with van der Waals surface area (Å²) < 4.78 is 6.18. The molecule has 0 aliphatic carbocycles. The molecule has 1 aliphatic rings. The number of piperazine rings is 1. The third-order valence-corrected chi connectivity index (χ3v) is 6.39. The fourth-order valence-corrected chi connectivity index (χ4v) is 4.54. The number of benzene rings is 2. The van der Waals surface area contributed by atoms with Gasteiger partial charge in [-0.3, -0.25) is 14.7 Å². The van der Waals surface area contributed by atoms with Crippen LogP contribution < -0.4 is 10.1 Å². The number of pyridine rings is 1. The number of nitrogens with zero attached hydrogens (tertiary/aromatic N) is 4. The van der Waals surface area contributed by atoms with Crippen molar-refractivity contribution in [1.29, 1.82) is 0 Å². The molecule has 0 unspecified atom stereocenters. The minimum Gasteiger partial charge on any atom is -0.480 e. The third-order valence-electron chi connectivity index (χ3n) is 6.39. The Hall–Kier alpha value is -4.40. The number of rotatable bonds is 6. The Kier molecular flexibility index (Phi) is 6.53. The topological polar surface area (TPSA) is 103 Å². The van der Waals surface area contributed by atoms with Gasteiger partial charge in [-0.05, 0) is 38.1 Å². The Labute approximate surface area is 209 Å². The predicted molar refractivity (Wildman–Crippen MR) is 137 cm³/mol. The fourth-order valence-electron chi connectivity index (χ4n) is 4.54. The number of ether oxygens (including phenoxy) is 1. The number of anilines is 2. The minimum atomic E-state index is -0.688. The first kappa shape index (κ1) is 23.3. The number of hydrogen-bond acceptors (Lipinski definition) is 6. The highest BCUT2D eigenvalue weighted by molar-refractivity contribution is 5.97. The molecule has 9 nitrogen and oxygen atoms in total. The van der Waals surface area contributed by atoms with E-state index in [1.54, 1.807) is 29.1 Å². The number of fused-ring (bicyclic) bond motifs is 1. The van der Waals surface area contributed by atoms with Crippen LogP contribution in [0.5, 0.6) is 5.75 Å². The van der Waals surface area contributed by atoms with E-state index in [9.17, 15) is 9.59 Å². The Morgan fingerprint density at radius 3 is 2.61 bits per heavy atom. The number of carbonyl (C=O) groups is 2. The van der Waals surface area contributed by atoms with Crippen LogP contribution in [0.3, 0.4) is 0 Å². The van der Waals surface area contributed by atoms with Gasteiger partial charge < -0.3 is 19.9 Å². The number of aromatic amines is 1. The van der Waals surface area contributed by atoms with E-state index in [1.165, 1.54) is 0 Å². The average Bonchev–Trinajstić information content (AvgIpc) is 3.42. The van der Waals surface area contributed by atoms with Gasteiger partial charge in [-0.1, -0.05) is 30.3 Å². The Balaban J connectivity index is 1.27. The maximum atomic E-state index is 13.3. The van der Waals surface area contributed by atoms with Gasteiger partial charge in [0.15, 0.2) is 6.10 Å². The molecule has 1 fully saturated rings. The maximum Gasteiger partial charge on any atom is 0.263 e. The second-order valence-electron chi connectivity index (χ2n) is 8.86. The zero-order chi connectivity index (χ0) is 25.1. The standard InChI is InChI=1S/C27H28N6O3/c1-18-17-32(27(35)20-7-4-3-5-8-20)15-16-33(18)26(34)19(2)36-23-10-6-9-22-21(23)11-13-28-25(22)30-24-12-14-29-31-24/h3-14,18-19H,15-17H2,1-2H3,(H2,28,29,30,31)/t18-,19+/m1/s1. The molecule has 36 heavy (non-hydrogen) atoms. The van der Waals surface area contributed by atoms with E-state index in [4.69, 9.17) is 4.74 Å². The van der Waals surface area contributed by atoms with Gasteiger partial charge in [-0.25, -0.2) is 4.98 Å². The van der Waals surface area contributed by atoms with Crippen LogP contribution >= 0.6 is 0 Å². The lowest BCUT2D eigenvalue weighted by Gasteiger charge is -2.40. The van der Waals surface area contributed by atoms with Crippen molar-refractivity contribution in [3.63, 3.8) is 0 Å². The van der Waals surface area contributed by atoms with Crippen LogP contribution in [0.25, 0.3) is 10.8 Å². The molecule has 184 valence electrons. The second kappa shape index (κ2) is 10.1. The van der Waals surface area contributed by atoms with Gasteiger partial charge in [0.25, 0.3) is 11.8 Å². The summed E-state index contributed by atoms with van der Waals surface area (Å²) in [6.45, 7) is 5.16. The lowest BCUT2D eigenvalue weighted by atomic mass is 10.1. The molecule has 2 amide bonds. The molecule has 0 bridgehead atoms. The van der Waals surface area contributed by atoms with E-state index in [0.29, 0.717) is 36.8 Å². The Morgan fingerprint density at radius 2 is 1.86 bits per heavy atom. The summed E-state index contributed by atoms with van der Waals surface area (Å²) in [5.41, 5.74) is 0.660. The van der Waals surface area contributed by atoms with E-state index in [2.05, 4.69) is 20.5 Å². The largest absolute Gasteiger partial charge is 0.480 e. The zero-order valence-corrected chi connectivity index (χ0v) is 20.2. The highest BCUT2D eigenvalue weighted by Crippen LogP contribution is 2.31. The number of nitrogens with one attached hydrogen (secondary N) is 2. The predicted octanol–water partition coefficient (Wildman–Crippen LogP) is 3.84. The number of carbonyl (C=O) groups excluding carboxylic acids is 2. The van der Waals surface area contributed by atoms with Crippen molar-refractivity contribution in [2.24, 2.45) is 0 Å². The first-order chi connectivity index (χ1) is 17.5. The van der Waals surface area contributed by atoms with Crippen LogP contribution in [0.2, 0.25) is 0 Å². The summed E-state index contributed by atoms with van der Waals surface area (Å²) >= 11 is 0. The molecule has 0 spiro atoms. The smallest absolute Gasteiger partial charge is 0.263 e. The van der Waals surface area contributed by atoms with Crippen LogP contribution in [-0.2, 0) is 4.79 Å². The molecule has 9 heteroatoms. The van der Waals surface area contributed by atoms with E-state index in [-0.39, 0.29) is 17.9 Å². The third kappa shape index (κ3) is 4.72. The van der Waals surface area contributed by atoms with Crippen molar-refractivity contribution in [2.45, 2.75) is 26.0 Å². The molecule has 1 aliphatic heterocycles. The van der Waals surface area contributed by atoms with Crippen LogP contribution in [0, 0.1) is 0 Å². The van der Waals surface area contributed by atoms with Crippen LogP contribution in [0.15, 0.2) is 73.1 Å². The monoisotopic (exact) mass is 484 g/mol. The summed E-state index contributed by atoms with van der Waals surface area (Å²) in [6, 6.07) is 18.5. The van der Waals surface area contributed by atoms with Crippen molar-refractivity contribution in [3.05, 3.63) is 78.6 Å². The first-order valence-corrected chi connectivity index (χ1v) is 12.0. The summed E-state index contributed by atoms with van der Waals surface area (Å²) in [6.07, 6.45) is 2.67.